The minimum atomic E-state index is -0.808. The second-order valence-electron chi connectivity index (χ2n) is 5.76. The van der Waals surface area contributed by atoms with Crippen molar-refractivity contribution in [3.8, 4) is 23.3 Å². The lowest BCUT2D eigenvalue weighted by molar-refractivity contribution is -0.122. The zero-order valence-electron chi connectivity index (χ0n) is 15.6. The molecule has 2 aromatic rings. The molecule has 0 aliphatic heterocycles. The Morgan fingerprint density at radius 3 is 2.63 bits per heavy atom. The molecule has 6 nitrogen and oxygen atoms in total. The molecule has 2 rings (SSSR count). The van der Waals surface area contributed by atoms with E-state index in [2.05, 4.69) is 5.32 Å². The van der Waals surface area contributed by atoms with Gasteiger partial charge in [-0.2, -0.15) is 5.26 Å². The van der Waals surface area contributed by atoms with E-state index in [9.17, 15) is 4.79 Å². The van der Waals surface area contributed by atoms with Gasteiger partial charge in [0.05, 0.1) is 31.0 Å². The number of anilines is 1. The Hall–Kier alpha value is -2.91. The third kappa shape index (κ3) is 5.05. The van der Waals surface area contributed by atoms with Crippen molar-refractivity contribution in [2.24, 2.45) is 0 Å². The molecule has 0 saturated heterocycles. The summed E-state index contributed by atoms with van der Waals surface area (Å²) in [7, 11) is 1.50. The number of amides is 1. The van der Waals surface area contributed by atoms with Gasteiger partial charge in [0.1, 0.15) is 5.75 Å². The van der Waals surface area contributed by atoms with Gasteiger partial charge in [-0.25, -0.2) is 0 Å². The number of aryl methyl sites for hydroxylation is 1. The van der Waals surface area contributed by atoms with Crippen LogP contribution in [0, 0.1) is 18.3 Å². The highest BCUT2D eigenvalue weighted by Gasteiger charge is 2.19. The Bertz CT molecular complexity index is 877. The zero-order chi connectivity index (χ0) is 20.0. The van der Waals surface area contributed by atoms with E-state index < -0.39 is 6.10 Å². The topological polar surface area (TPSA) is 80.6 Å². The first-order chi connectivity index (χ1) is 12.9. The standard InChI is InChI=1S/C20H21ClN2O4/c1-5-26-19-9-14(11-22)6-7-17(19)27-13(3)20(24)23-16-8-12(2)15(21)10-18(16)25-4/h6-10,13H,5H2,1-4H3,(H,23,24)/t13-/m0/s1. The van der Waals surface area contributed by atoms with Crippen molar-refractivity contribution >= 4 is 23.2 Å². The average Bonchev–Trinajstić information content (AvgIpc) is 2.65. The number of carbonyl (C=O) groups excluding carboxylic acids is 1. The number of nitriles is 1. The summed E-state index contributed by atoms with van der Waals surface area (Å²) in [4.78, 5) is 12.6. The van der Waals surface area contributed by atoms with Gasteiger partial charge in [0.25, 0.3) is 5.91 Å². The van der Waals surface area contributed by atoms with Crippen LogP contribution in [0.3, 0.4) is 0 Å². The highest BCUT2D eigenvalue weighted by Crippen LogP contribution is 2.32. The summed E-state index contributed by atoms with van der Waals surface area (Å²) in [5.74, 6) is 0.898. The minimum Gasteiger partial charge on any atom is -0.495 e. The highest BCUT2D eigenvalue weighted by atomic mass is 35.5. The Morgan fingerprint density at radius 2 is 2.00 bits per heavy atom. The molecule has 0 heterocycles. The molecule has 0 fully saturated rings. The lowest BCUT2D eigenvalue weighted by atomic mass is 10.2. The van der Waals surface area contributed by atoms with Crippen LogP contribution in [-0.2, 0) is 4.79 Å². The zero-order valence-corrected chi connectivity index (χ0v) is 16.4. The molecule has 0 aliphatic rings. The van der Waals surface area contributed by atoms with Crippen LogP contribution >= 0.6 is 11.6 Å². The Labute approximate surface area is 163 Å². The first kappa shape index (κ1) is 20.4. The van der Waals surface area contributed by atoms with E-state index in [4.69, 9.17) is 31.1 Å². The fourth-order valence-electron chi connectivity index (χ4n) is 2.35. The van der Waals surface area contributed by atoms with Crippen molar-refractivity contribution < 1.29 is 19.0 Å². The normalized spacial score (nSPS) is 11.3. The van der Waals surface area contributed by atoms with Crippen molar-refractivity contribution in [3.63, 3.8) is 0 Å². The maximum absolute atomic E-state index is 12.6. The van der Waals surface area contributed by atoms with E-state index in [-0.39, 0.29) is 5.91 Å². The number of hydrogen-bond donors (Lipinski definition) is 1. The molecule has 0 spiro atoms. The lowest BCUT2D eigenvalue weighted by Crippen LogP contribution is -2.30. The van der Waals surface area contributed by atoms with Gasteiger partial charge < -0.3 is 19.5 Å². The molecule has 142 valence electrons. The SMILES string of the molecule is CCOc1cc(C#N)ccc1O[C@@H](C)C(=O)Nc1cc(C)c(Cl)cc1OC. The molecule has 1 amide bonds. The number of methoxy groups -OCH3 is 1. The molecule has 0 bridgehead atoms. The molecule has 0 radical (unpaired) electrons. The second kappa shape index (κ2) is 9.15. The van der Waals surface area contributed by atoms with Crippen LogP contribution in [0.25, 0.3) is 0 Å². The van der Waals surface area contributed by atoms with Crippen LogP contribution in [0.4, 0.5) is 5.69 Å². The van der Waals surface area contributed by atoms with Gasteiger partial charge in [-0.05, 0) is 44.5 Å². The molecule has 27 heavy (non-hydrogen) atoms. The van der Waals surface area contributed by atoms with Crippen molar-refractivity contribution in [1.82, 2.24) is 0 Å². The molecule has 1 N–H and O–H groups in total. The quantitative estimate of drug-likeness (QED) is 0.763. The average molecular weight is 389 g/mol. The number of hydrogen-bond acceptors (Lipinski definition) is 5. The summed E-state index contributed by atoms with van der Waals surface area (Å²) < 4.78 is 16.5. The van der Waals surface area contributed by atoms with Gasteiger partial charge in [-0.15, -0.1) is 0 Å². The van der Waals surface area contributed by atoms with Gasteiger partial charge >= 0.3 is 0 Å². The number of carbonyl (C=O) groups is 1. The molecule has 0 unspecified atom stereocenters. The van der Waals surface area contributed by atoms with E-state index in [0.717, 1.165) is 5.56 Å². The van der Waals surface area contributed by atoms with E-state index in [0.29, 0.717) is 40.1 Å². The monoisotopic (exact) mass is 388 g/mol. The number of halogens is 1. The number of rotatable bonds is 7. The van der Waals surface area contributed by atoms with Crippen LogP contribution in [0.5, 0.6) is 17.2 Å². The smallest absolute Gasteiger partial charge is 0.265 e. The molecule has 0 aliphatic carbocycles. The van der Waals surface area contributed by atoms with Crippen LogP contribution in [0.2, 0.25) is 5.02 Å². The van der Waals surface area contributed by atoms with Crippen LogP contribution in [-0.4, -0.2) is 25.7 Å². The predicted molar refractivity (Wildman–Crippen MR) is 104 cm³/mol. The maximum Gasteiger partial charge on any atom is 0.265 e. The number of nitrogens with one attached hydrogen (secondary N) is 1. The summed E-state index contributed by atoms with van der Waals surface area (Å²) in [6.07, 6.45) is -0.808. The Balaban J connectivity index is 2.17. The summed E-state index contributed by atoms with van der Waals surface area (Å²) in [6, 6.07) is 10.2. The molecule has 1 atom stereocenters. The molecular weight excluding hydrogens is 368 g/mol. The van der Waals surface area contributed by atoms with Gasteiger partial charge in [0, 0.05) is 17.2 Å². The number of benzene rings is 2. The summed E-state index contributed by atoms with van der Waals surface area (Å²) in [6.45, 7) is 5.70. The molecule has 2 aromatic carbocycles. The van der Waals surface area contributed by atoms with E-state index >= 15 is 0 Å². The van der Waals surface area contributed by atoms with Crippen molar-refractivity contribution in [3.05, 3.63) is 46.5 Å². The fraction of sp³-hybridized carbons (Fsp3) is 0.300. The van der Waals surface area contributed by atoms with Gasteiger partial charge in [-0.1, -0.05) is 11.6 Å². The lowest BCUT2D eigenvalue weighted by Gasteiger charge is -2.18. The Kier molecular flexibility index (Phi) is 6.91. The number of ether oxygens (including phenoxy) is 3. The third-order valence-corrected chi connectivity index (χ3v) is 4.19. The first-order valence-corrected chi connectivity index (χ1v) is 8.76. The summed E-state index contributed by atoms with van der Waals surface area (Å²) in [5, 5.41) is 12.3. The van der Waals surface area contributed by atoms with Gasteiger partial charge in [0.15, 0.2) is 17.6 Å². The van der Waals surface area contributed by atoms with Crippen molar-refractivity contribution in [2.75, 3.05) is 19.0 Å². The molecule has 7 heteroatoms. The van der Waals surface area contributed by atoms with Crippen LogP contribution < -0.4 is 19.5 Å². The van der Waals surface area contributed by atoms with E-state index in [1.165, 1.54) is 7.11 Å². The maximum atomic E-state index is 12.6. The van der Waals surface area contributed by atoms with Crippen molar-refractivity contribution in [2.45, 2.75) is 26.9 Å². The second-order valence-corrected chi connectivity index (χ2v) is 6.16. The third-order valence-electron chi connectivity index (χ3n) is 3.78. The highest BCUT2D eigenvalue weighted by molar-refractivity contribution is 6.31. The number of nitrogens with zero attached hydrogens (tertiary/aromatic N) is 1. The summed E-state index contributed by atoms with van der Waals surface area (Å²) >= 11 is 6.09. The molecular formula is C20H21ClN2O4. The summed E-state index contributed by atoms with van der Waals surface area (Å²) in [5.41, 5.74) is 1.76. The van der Waals surface area contributed by atoms with Crippen LogP contribution in [0.15, 0.2) is 30.3 Å². The van der Waals surface area contributed by atoms with Gasteiger partial charge in [-0.3, -0.25) is 4.79 Å². The Morgan fingerprint density at radius 1 is 1.26 bits per heavy atom. The fourth-order valence-corrected chi connectivity index (χ4v) is 2.51. The predicted octanol–water partition coefficient (Wildman–Crippen LogP) is 4.33. The van der Waals surface area contributed by atoms with Gasteiger partial charge in [0.2, 0.25) is 0 Å². The van der Waals surface area contributed by atoms with Crippen molar-refractivity contribution in [1.29, 1.82) is 5.26 Å². The van der Waals surface area contributed by atoms with Crippen LogP contribution in [0.1, 0.15) is 25.0 Å². The minimum absolute atomic E-state index is 0.359. The largest absolute Gasteiger partial charge is 0.495 e. The molecule has 0 saturated carbocycles. The van der Waals surface area contributed by atoms with E-state index in [1.54, 1.807) is 37.3 Å². The van der Waals surface area contributed by atoms with E-state index in [1.807, 2.05) is 19.9 Å². The molecule has 0 aromatic heterocycles. The first-order valence-electron chi connectivity index (χ1n) is 8.38.